The summed E-state index contributed by atoms with van der Waals surface area (Å²) in [4.78, 5) is 34.8. The van der Waals surface area contributed by atoms with Crippen LogP contribution < -0.4 is 9.64 Å². The summed E-state index contributed by atoms with van der Waals surface area (Å²) in [7, 11) is 4.60. The molecule has 0 N–H and O–H groups in total. The number of hydrogen-bond donors (Lipinski definition) is 0. The van der Waals surface area contributed by atoms with Gasteiger partial charge in [-0.2, -0.15) is 0 Å². The monoisotopic (exact) mass is 654 g/mol. The maximum absolute atomic E-state index is 14.4. The molecule has 0 radical (unpaired) electrons. The van der Waals surface area contributed by atoms with Gasteiger partial charge in [0.1, 0.15) is 17.2 Å². The van der Waals surface area contributed by atoms with Gasteiger partial charge in [-0.3, -0.25) is 9.47 Å². The van der Waals surface area contributed by atoms with Crippen molar-refractivity contribution in [3.8, 4) is 5.75 Å². The SMILES string of the molecule is COC(=O)c1ccc([C@@H]2CC3(CCN2Cc2c(OC)cc(C)c4c2ccn4C(=O)OC(C)(C)C)CC(F)(F)C3)c(N2CC(OC)C2)n1. The fourth-order valence-corrected chi connectivity index (χ4v) is 7.57. The standard InChI is InChI=1S/C35H44F2N4O6/c1-21-14-28(45-6)25(23-10-12-41(29(21)23)32(43)47-33(2,3)4)18-39-13-11-34(19-35(36,37)20-34)15-27(39)24-8-9-26(31(42)46-7)38-30(24)40-16-22(17-40)44-5/h8-10,12,14,22,27H,11,13,15-20H2,1-7H3/t27-/m0/s1. The lowest BCUT2D eigenvalue weighted by molar-refractivity contribution is -0.186. The van der Waals surface area contributed by atoms with E-state index in [0.29, 0.717) is 50.6 Å². The lowest BCUT2D eigenvalue weighted by Gasteiger charge is -2.55. The summed E-state index contributed by atoms with van der Waals surface area (Å²) in [5, 5.41) is 0.854. The van der Waals surface area contributed by atoms with Crippen LogP contribution in [0.25, 0.3) is 10.9 Å². The van der Waals surface area contributed by atoms with Crippen molar-refractivity contribution in [1.82, 2.24) is 14.5 Å². The molecule has 12 heteroatoms. The number of ether oxygens (including phenoxy) is 4. The molecule has 0 amide bonds. The van der Waals surface area contributed by atoms with Gasteiger partial charge < -0.3 is 23.8 Å². The lowest BCUT2D eigenvalue weighted by atomic mass is 9.59. The molecule has 3 aliphatic rings. The zero-order chi connectivity index (χ0) is 33.9. The quantitative estimate of drug-likeness (QED) is 0.264. The Hall–Kier alpha value is -3.77. The number of benzene rings is 1. The second-order valence-corrected chi connectivity index (χ2v) is 14.3. The Kier molecular flexibility index (Phi) is 8.49. The fraction of sp³-hybridized carbons (Fsp3) is 0.571. The first-order chi connectivity index (χ1) is 22.2. The molecule has 47 heavy (non-hydrogen) atoms. The number of aryl methyl sites for hydroxylation is 1. The number of carbonyl (C=O) groups is 2. The van der Waals surface area contributed by atoms with Crippen LogP contribution in [-0.4, -0.2) is 85.1 Å². The Morgan fingerprint density at radius 1 is 1.09 bits per heavy atom. The van der Waals surface area contributed by atoms with Gasteiger partial charge in [0, 0.05) is 68.3 Å². The van der Waals surface area contributed by atoms with E-state index in [4.69, 9.17) is 23.9 Å². The molecule has 0 bridgehead atoms. The molecule has 1 spiro atoms. The van der Waals surface area contributed by atoms with Crippen LogP contribution >= 0.6 is 0 Å². The molecule has 254 valence electrons. The summed E-state index contributed by atoms with van der Waals surface area (Å²) in [5.41, 5.74) is 2.38. The fourth-order valence-electron chi connectivity index (χ4n) is 7.57. The molecule has 0 unspecified atom stereocenters. The van der Waals surface area contributed by atoms with Crippen molar-refractivity contribution in [3.63, 3.8) is 0 Å². The zero-order valence-corrected chi connectivity index (χ0v) is 28.2. The van der Waals surface area contributed by atoms with Gasteiger partial charge >= 0.3 is 12.1 Å². The summed E-state index contributed by atoms with van der Waals surface area (Å²) in [5.74, 6) is -1.89. The average Bonchev–Trinajstić information content (AvgIpc) is 3.43. The predicted molar refractivity (Wildman–Crippen MR) is 172 cm³/mol. The number of methoxy groups -OCH3 is 3. The van der Waals surface area contributed by atoms with Crippen LogP contribution in [0.2, 0.25) is 0 Å². The first-order valence-electron chi connectivity index (χ1n) is 16.1. The van der Waals surface area contributed by atoms with Crippen LogP contribution in [0.5, 0.6) is 5.75 Å². The molecule has 2 saturated heterocycles. The smallest absolute Gasteiger partial charge is 0.419 e. The van der Waals surface area contributed by atoms with Crippen LogP contribution in [0.15, 0.2) is 30.5 Å². The van der Waals surface area contributed by atoms with Gasteiger partial charge in [0.05, 0.1) is 25.8 Å². The zero-order valence-electron chi connectivity index (χ0n) is 28.2. The van der Waals surface area contributed by atoms with Gasteiger partial charge in [-0.25, -0.2) is 23.4 Å². The van der Waals surface area contributed by atoms with E-state index in [1.54, 1.807) is 26.5 Å². The number of rotatable bonds is 7. The van der Waals surface area contributed by atoms with Crippen molar-refractivity contribution in [2.24, 2.45) is 5.41 Å². The van der Waals surface area contributed by atoms with Gasteiger partial charge in [-0.15, -0.1) is 0 Å². The van der Waals surface area contributed by atoms with Gasteiger partial charge in [0.15, 0.2) is 5.69 Å². The molecule has 1 aliphatic carbocycles. The number of pyridine rings is 1. The first-order valence-corrected chi connectivity index (χ1v) is 16.1. The maximum atomic E-state index is 14.4. The molecule has 2 aromatic heterocycles. The van der Waals surface area contributed by atoms with E-state index in [2.05, 4.69) is 9.80 Å². The van der Waals surface area contributed by atoms with Gasteiger partial charge in [0.25, 0.3) is 0 Å². The Labute approximate surface area is 273 Å². The maximum Gasteiger partial charge on any atom is 0.419 e. The van der Waals surface area contributed by atoms with Crippen molar-refractivity contribution in [2.75, 3.05) is 45.9 Å². The summed E-state index contributed by atoms with van der Waals surface area (Å²) < 4.78 is 52.4. The van der Waals surface area contributed by atoms with E-state index < -0.39 is 29.0 Å². The summed E-state index contributed by atoms with van der Waals surface area (Å²) >= 11 is 0. The summed E-state index contributed by atoms with van der Waals surface area (Å²) in [6.45, 7) is 9.63. The third kappa shape index (κ3) is 6.29. The lowest BCUT2D eigenvalue weighted by Crippen LogP contribution is -2.54. The largest absolute Gasteiger partial charge is 0.496 e. The second kappa shape index (κ2) is 12.0. The number of carbonyl (C=O) groups excluding carboxylic acids is 2. The van der Waals surface area contributed by atoms with Crippen LogP contribution in [0.3, 0.4) is 0 Å². The first kappa shape index (κ1) is 33.1. The van der Waals surface area contributed by atoms with E-state index in [1.807, 2.05) is 45.9 Å². The van der Waals surface area contributed by atoms with Crippen molar-refractivity contribution >= 4 is 28.8 Å². The topological polar surface area (TPSA) is 95.4 Å². The molecule has 2 aliphatic heterocycles. The number of esters is 1. The molecule has 1 aromatic carbocycles. The number of alkyl halides is 2. The number of nitrogens with zero attached hydrogens (tertiary/aromatic N) is 4. The number of halogens is 2. The third-order valence-corrected chi connectivity index (χ3v) is 9.80. The Morgan fingerprint density at radius 2 is 1.81 bits per heavy atom. The van der Waals surface area contributed by atoms with E-state index in [-0.39, 0.29) is 30.7 Å². The van der Waals surface area contributed by atoms with Crippen molar-refractivity contribution in [3.05, 3.63) is 52.8 Å². The Balaban J connectivity index is 1.42. The molecule has 3 aromatic rings. The van der Waals surface area contributed by atoms with Crippen molar-refractivity contribution in [2.45, 2.75) is 83.6 Å². The number of piperidine rings is 1. The number of likely N-dealkylation sites (tertiary alicyclic amines) is 1. The molecular weight excluding hydrogens is 610 g/mol. The van der Waals surface area contributed by atoms with Gasteiger partial charge in [-0.1, -0.05) is 6.07 Å². The molecule has 10 nitrogen and oxygen atoms in total. The number of anilines is 1. The minimum absolute atomic E-state index is 0.0321. The van der Waals surface area contributed by atoms with Gasteiger partial charge in [0.2, 0.25) is 5.92 Å². The number of fused-ring (bicyclic) bond motifs is 1. The van der Waals surface area contributed by atoms with E-state index in [9.17, 15) is 18.4 Å². The third-order valence-electron chi connectivity index (χ3n) is 9.80. The molecular formula is C35H44F2N4O6. The number of aromatic nitrogens is 2. The summed E-state index contributed by atoms with van der Waals surface area (Å²) in [6, 6.07) is 7.10. The normalized spacial score (nSPS) is 21.0. The van der Waals surface area contributed by atoms with E-state index in [1.165, 1.54) is 11.7 Å². The number of hydrogen-bond acceptors (Lipinski definition) is 9. The van der Waals surface area contributed by atoms with E-state index >= 15 is 0 Å². The average molecular weight is 655 g/mol. The minimum atomic E-state index is -2.66. The Morgan fingerprint density at radius 3 is 2.43 bits per heavy atom. The highest BCUT2D eigenvalue weighted by Crippen LogP contribution is 2.61. The minimum Gasteiger partial charge on any atom is -0.496 e. The predicted octanol–water partition coefficient (Wildman–Crippen LogP) is 6.51. The highest BCUT2D eigenvalue weighted by molar-refractivity contribution is 5.95. The molecule has 1 atom stereocenters. The summed E-state index contributed by atoms with van der Waals surface area (Å²) in [6.07, 6.45) is 2.15. The van der Waals surface area contributed by atoms with E-state index in [0.717, 1.165) is 27.6 Å². The van der Waals surface area contributed by atoms with Crippen LogP contribution in [0.4, 0.5) is 19.4 Å². The highest BCUT2D eigenvalue weighted by atomic mass is 19.3. The van der Waals surface area contributed by atoms with Gasteiger partial charge in [-0.05, 0) is 76.3 Å². The van der Waals surface area contributed by atoms with Crippen LogP contribution in [0, 0.1) is 12.3 Å². The highest BCUT2D eigenvalue weighted by Gasteiger charge is 2.58. The van der Waals surface area contributed by atoms with Crippen molar-refractivity contribution < 1.29 is 37.3 Å². The Bertz CT molecular complexity index is 1690. The van der Waals surface area contributed by atoms with Crippen molar-refractivity contribution in [1.29, 1.82) is 0 Å². The molecule has 4 heterocycles. The van der Waals surface area contributed by atoms with Crippen LogP contribution in [0.1, 0.15) is 79.7 Å². The van der Waals surface area contributed by atoms with Crippen LogP contribution in [-0.2, 0) is 20.8 Å². The molecule has 6 rings (SSSR count). The molecule has 3 fully saturated rings. The second-order valence-electron chi connectivity index (χ2n) is 14.3. The molecule has 1 saturated carbocycles.